The highest BCUT2D eigenvalue weighted by atomic mass is 32.2. The zero-order valence-electron chi connectivity index (χ0n) is 13.9. The van der Waals surface area contributed by atoms with Crippen LogP contribution in [0.5, 0.6) is 0 Å². The molecule has 1 aromatic rings. The molecule has 0 aliphatic heterocycles. The van der Waals surface area contributed by atoms with Crippen LogP contribution >= 0.6 is 0 Å². The summed E-state index contributed by atoms with van der Waals surface area (Å²) >= 11 is 0. The SMILES string of the molecule is CCC(C)c1ccc(S(=O)(=O)N(CC(=O)OC)C(C)C)cc1. The van der Waals surface area contributed by atoms with Gasteiger partial charge in [0.15, 0.2) is 0 Å². The first-order valence-electron chi connectivity index (χ1n) is 7.42. The number of rotatable bonds is 7. The van der Waals surface area contributed by atoms with E-state index in [0.717, 1.165) is 16.3 Å². The van der Waals surface area contributed by atoms with Crippen LogP contribution in [0.4, 0.5) is 0 Å². The lowest BCUT2D eigenvalue weighted by Crippen LogP contribution is -2.41. The fourth-order valence-electron chi connectivity index (χ4n) is 2.08. The van der Waals surface area contributed by atoms with E-state index in [4.69, 9.17) is 0 Å². The highest BCUT2D eigenvalue weighted by Gasteiger charge is 2.29. The van der Waals surface area contributed by atoms with E-state index >= 15 is 0 Å². The minimum Gasteiger partial charge on any atom is -0.468 e. The second-order valence-corrected chi connectivity index (χ2v) is 7.49. The van der Waals surface area contributed by atoms with Crippen molar-refractivity contribution >= 4 is 16.0 Å². The van der Waals surface area contributed by atoms with Crippen molar-refractivity contribution in [2.75, 3.05) is 13.7 Å². The summed E-state index contributed by atoms with van der Waals surface area (Å²) in [6.07, 6.45) is 0.993. The molecule has 0 saturated carbocycles. The second kappa shape index (κ2) is 7.74. The summed E-state index contributed by atoms with van der Waals surface area (Å²) in [5.41, 5.74) is 1.10. The van der Waals surface area contributed by atoms with Crippen molar-refractivity contribution in [2.45, 2.75) is 51.0 Å². The predicted molar refractivity (Wildman–Crippen MR) is 86.2 cm³/mol. The van der Waals surface area contributed by atoms with Gasteiger partial charge in [-0.25, -0.2) is 8.42 Å². The number of nitrogens with zero attached hydrogens (tertiary/aromatic N) is 1. The molecule has 0 radical (unpaired) electrons. The molecule has 0 heterocycles. The predicted octanol–water partition coefficient (Wildman–Crippen LogP) is 2.77. The lowest BCUT2D eigenvalue weighted by molar-refractivity contribution is -0.141. The van der Waals surface area contributed by atoms with Crippen LogP contribution < -0.4 is 0 Å². The number of benzene rings is 1. The van der Waals surface area contributed by atoms with Gasteiger partial charge in [0.2, 0.25) is 10.0 Å². The second-order valence-electron chi connectivity index (χ2n) is 5.60. The van der Waals surface area contributed by atoms with Gasteiger partial charge >= 0.3 is 5.97 Å². The van der Waals surface area contributed by atoms with Crippen LogP contribution in [0.1, 0.15) is 45.6 Å². The fourth-order valence-corrected chi connectivity index (χ4v) is 3.66. The van der Waals surface area contributed by atoms with E-state index in [1.54, 1.807) is 26.0 Å². The Labute approximate surface area is 133 Å². The monoisotopic (exact) mass is 327 g/mol. The number of carbonyl (C=O) groups is 1. The molecular formula is C16H25NO4S. The van der Waals surface area contributed by atoms with Gasteiger partial charge in [0.1, 0.15) is 6.54 Å². The summed E-state index contributed by atoms with van der Waals surface area (Å²) in [5, 5.41) is 0. The number of carbonyl (C=O) groups excluding carboxylic acids is 1. The molecule has 22 heavy (non-hydrogen) atoms. The topological polar surface area (TPSA) is 63.7 Å². The zero-order chi connectivity index (χ0) is 16.9. The fraction of sp³-hybridized carbons (Fsp3) is 0.562. The van der Waals surface area contributed by atoms with Crippen LogP contribution in [-0.4, -0.2) is 38.4 Å². The molecule has 1 atom stereocenters. The highest BCUT2D eigenvalue weighted by molar-refractivity contribution is 7.89. The molecule has 0 saturated heterocycles. The zero-order valence-corrected chi connectivity index (χ0v) is 14.7. The van der Waals surface area contributed by atoms with Crippen molar-refractivity contribution in [1.82, 2.24) is 4.31 Å². The van der Waals surface area contributed by atoms with Crippen molar-refractivity contribution in [2.24, 2.45) is 0 Å². The lowest BCUT2D eigenvalue weighted by Gasteiger charge is -2.24. The minimum absolute atomic E-state index is 0.192. The largest absolute Gasteiger partial charge is 0.468 e. The van der Waals surface area contributed by atoms with Crippen LogP contribution in [0.3, 0.4) is 0 Å². The number of sulfonamides is 1. The molecule has 0 aromatic heterocycles. The molecule has 1 rings (SSSR count). The van der Waals surface area contributed by atoms with E-state index in [1.807, 2.05) is 12.1 Å². The highest BCUT2D eigenvalue weighted by Crippen LogP contribution is 2.23. The maximum absolute atomic E-state index is 12.7. The quantitative estimate of drug-likeness (QED) is 0.722. The maximum Gasteiger partial charge on any atom is 0.321 e. The van der Waals surface area contributed by atoms with Gasteiger partial charge in [0.05, 0.1) is 12.0 Å². The van der Waals surface area contributed by atoms with E-state index in [2.05, 4.69) is 18.6 Å². The molecule has 0 amide bonds. The summed E-state index contributed by atoms with van der Waals surface area (Å²) in [6.45, 7) is 7.36. The smallest absolute Gasteiger partial charge is 0.321 e. The first kappa shape index (κ1) is 18.6. The Hall–Kier alpha value is -1.40. The summed E-state index contributed by atoms with van der Waals surface area (Å²) in [5.74, 6) is -0.193. The molecule has 1 aromatic carbocycles. The van der Waals surface area contributed by atoms with Crippen molar-refractivity contribution in [3.8, 4) is 0 Å². The normalized spacial score (nSPS) is 13.4. The standard InChI is InChI=1S/C16H25NO4S/c1-6-13(4)14-7-9-15(10-8-14)22(19,20)17(12(2)3)11-16(18)21-5/h7-10,12-13H,6,11H2,1-5H3. The summed E-state index contributed by atoms with van der Waals surface area (Å²) in [4.78, 5) is 11.7. The maximum atomic E-state index is 12.7. The van der Waals surface area contributed by atoms with Gasteiger partial charge in [-0.1, -0.05) is 26.0 Å². The number of hydrogen-bond acceptors (Lipinski definition) is 4. The number of ether oxygens (including phenoxy) is 1. The van der Waals surface area contributed by atoms with E-state index in [1.165, 1.54) is 7.11 Å². The van der Waals surface area contributed by atoms with Crippen molar-refractivity contribution < 1.29 is 17.9 Å². The molecule has 5 nitrogen and oxygen atoms in total. The van der Waals surface area contributed by atoms with Gasteiger partial charge in [0, 0.05) is 6.04 Å². The van der Waals surface area contributed by atoms with Gasteiger partial charge in [-0.3, -0.25) is 4.79 Å². The van der Waals surface area contributed by atoms with E-state index < -0.39 is 16.0 Å². The molecule has 6 heteroatoms. The Morgan fingerprint density at radius 1 is 1.18 bits per heavy atom. The van der Waals surface area contributed by atoms with Gasteiger partial charge in [-0.05, 0) is 43.9 Å². The van der Waals surface area contributed by atoms with Gasteiger partial charge < -0.3 is 4.74 Å². The van der Waals surface area contributed by atoms with Crippen LogP contribution in [0.25, 0.3) is 0 Å². The van der Waals surface area contributed by atoms with Gasteiger partial charge in [-0.15, -0.1) is 0 Å². The Balaban J connectivity index is 3.12. The molecule has 1 unspecified atom stereocenters. The molecule has 0 fully saturated rings. The van der Waals surface area contributed by atoms with Crippen molar-refractivity contribution in [1.29, 1.82) is 0 Å². The van der Waals surface area contributed by atoms with E-state index in [9.17, 15) is 13.2 Å². The Kier molecular flexibility index (Phi) is 6.56. The first-order valence-corrected chi connectivity index (χ1v) is 8.86. The number of hydrogen-bond donors (Lipinski definition) is 0. The van der Waals surface area contributed by atoms with Gasteiger partial charge in [0.25, 0.3) is 0 Å². The van der Waals surface area contributed by atoms with Gasteiger partial charge in [-0.2, -0.15) is 4.31 Å². The van der Waals surface area contributed by atoms with Crippen LogP contribution in [-0.2, 0) is 19.6 Å². The number of methoxy groups -OCH3 is 1. The van der Waals surface area contributed by atoms with E-state index in [-0.39, 0.29) is 17.5 Å². The summed E-state index contributed by atoms with van der Waals surface area (Å²) in [6, 6.07) is 6.53. The van der Waals surface area contributed by atoms with Crippen LogP contribution in [0, 0.1) is 0 Å². The number of esters is 1. The Bertz CT molecular complexity index is 593. The third-order valence-corrected chi connectivity index (χ3v) is 5.79. The van der Waals surface area contributed by atoms with Crippen molar-refractivity contribution in [3.05, 3.63) is 29.8 Å². The summed E-state index contributed by atoms with van der Waals surface area (Å²) < 4.78 is 31.1. The molecular weight excluding hydrogens is 302 g/mol. The van der Waals surface area contributed by atoms with Crippen molar-refractivity contribution in [3.63, 3.8) is 0 Å². The molecule has 124 valence electrons. The average molecular weight is 327 g/mol. The molecule has 0 bridgehead atoms. The molecule has 0 spiro atoms. The third-order valence-electron chi connectivity index (χ3n) is 3.76. The lowest BCUT2D eigenvalue weighted by atomic mass is 9.99. The molecule has 0 N–H and O–H groups in total. The Morgan fingerprint density at radius 2 is 1.73 bits per heavy atom. The van der Waals surface area contributed by atoms with Crippen LogP contribution in [0.15, 0.2) is 29.2 Å². The third kappa shape index (κ3) is 4.30. The molecule has 0 aliphatic rings. The minimum atomic E-state index is -3.72. The average Bonchev–Trinajstić information content (AvgIpc) is 2.51. The van der Waals surface area contributed by atoms with E-state index in [0.29, 0.717) is 5.92 Å². The van der Waals surface area contributed by atoms with Crippen LogP contribution in [0.2, 0.25) is 0 Å². The molecule has 0 aliphatic carbocycles. The summed E-state index contributed by atoms with van der Waals surface area (Å²) in [7, 11) is -2.48. The first-order chi connectivity index (χ1) is 10.2. The Morgan fingerprint density at radius 3 is 2.14 bits per heavy atom.